The maximum atomic E-state index is 5.44. The Balaban J connectivity index is 1.47. The molecule has 4 aromatic rings. The second-order valence-corrected chi connectivity index (χ2v) is 6.05. The zero-order valence-corrected chi connectivity index (χ0v) is 12.4. The Hall–Kier alpha value is -2.88. The van der Waals surface area contributed by atoms with Crippen LogP contribution in [0.15, 0.2) is 65.4 Å². The Morgan fingerprint density at radius 2 is 1.96 bits per heavy atom. The summed E-state index contributed by atoms with van der Waals surface area (Å²) in [6.45, 7) is 0. The lowest BCUT2D eigenvalue weighted by molar-refractivity contribution is 0.582. The number of pyridine rings is 1. The Labute approximate surface area is 133 Å². The number of H-pyrrole nitrogens is 1. The average molecular weight is 301 g/mol. The Morgan fingerprint density at radius 1 is 1.04 bits per heavy atom. The van der Waals surface area contributed by atoms with Crippen molar-refractivity contribution in [3.63, 3.8) is 0 Å². The first-order valence-electron chi connectivity index (χ1n) is 7.83. The van der Waals surface area contributed by atoms with Crippen LogP contribution >= 0.6 is 0 Å². The number of aromatic amines is 1. The summed E-state index contributed by atoms with van der Waals surface area (Å²) < 4.78 is 5.44. The summed E-state index contributed by atoms with van der Waals surface area (Å²) in [5.41, 5.74) is 4.09. The van der Waals surface area contributed by atoms with Crippen LogP contribution in [0.2, 0.25) is 0 Å². The molecular formula is C19H15N3O. The molecule has 1 aliphatic rings. The highest BCUT2D eigenvalue weighted by Gasteiger charge is 2.41. The van der Waals surface area contributed by atoms with Crippen molar-refractivity contribution in [1.29, 1.82) is 0 Å². The van der Waals surface area contributed by atoms with Crippen molar-refractivity contribution in [3.05, 3.63) is 72.4 Å². The fourth-order valence-corrected chi connectivity index (χ4v) is 3.24. The lowest BCUT2D eigenvalue weighted by Crippen LogP contribution is -1.86. The zero-order chi connectivity index (χ0) is 15.2. The van der Waals surface area contributed by atoms with Gasteiger partial charge >= 0.3 is 0 Å². The standard InChI is InChI=1S/C19H15N3O/c1-2-5-12(6-3-1)14-10-15(14)18-21-16-9-13(11-20-19(16)22-18)17-7-4-8-23-17/h1-9,11,14-15H,10H2,(H,20,21,22). The molecule has 1 N–H and O–H groups in total. The van der Waals surface area contributed by atoms with Crippen LogP contribution in [0.25, 0.3) is 22.5 Å². The molecule has 0 saturated heterocycles. The number of rotatable bonds is 3. The first-order chi connectivity index (χ1) is 11.4. The van der Waals surface area contributed by atoms with E-state index < -0.39 is 0 Å². The van der Waals surface area contributed by atoms with Crippen molar-refractivity contribution < 1.29 is 4.42 Å². The van der Waals surface area contributed by atoms with Crippen molar-refractivity contribution in [2.45, 2.75) is 18.3 Å². The number of hydrogen-bond acceptors (Lipinski definition) is 3. The van der Waals surface area contributed by atoms with Gasteiger partial charge in [-0.3, -0.25) is 0 Å². The average Bonchev–Trinajstić information content (AvgIpc) is 3.02. The zero-order valence-electron chi connectivity index (χ0n) is 12.4. The van der Waals surface area contributed by atoms with E-state index in [0.29, 0.717) is 11.8 Å². The normalized spacial score (nSPS) is 20.0. The molecule has 1 aliphatic carbocycles. The van der Waals surface area contributed by atoms with Gasteiger partial charge in [0.05, 0.1) is 11.8 Å². The maximum absolute atomic E-state index is 5.44. The number of nitrogens with one attached hydrogen (secondary N) is 1. The molecule has 0 amide bonds. The Kier molecular flexibility index (Phi) is 2.65. The lowest BCUT2D eigenvalue weighted by atomic mass is 10.1. The molecule has 3 heterocycles. The van der Waals surface area contributed by atoms with E-state index in [2.05, 4.69) is 51.4 Å². The monoisotopic (exact) mass is 301 g/mol. The van der Waals surface area contributed by atoms with Crippen molar-refractivity contribution in [2.24, 2.45) is 0 Å². The molecule has 1 saturated carbocycles. The first kappa shape index (κ1) is 12.6. The molecule has 5 rings (SSSR count). The van der Waals surface area contributed by atoms with Crippen LogP contribution in [0, 0.1) is 0 Å². The van der Waals surface area contributed by atoms with E-state index in [0.717, 1.165) is 34.7 Å². The van der Waals surface area contributed by atoms with Crippen LogP contribution < -0.4 is 0 Å². The molecule has 0 aliphatic heterocycles. The molecule has 2 unspecified atom stereocenters. The van der Waals surface area contributed by atoms with Gasteiger partial charge in [-0.05, 0) is 36.1 Å². The molecule has 1 aromatic carbocycles. The van der Waals surface area contributed by atoms with Gasteiger partial charge in [-0.25, -0.2) is 9.97 Å². The Bertz CT molecular complexity index is 957. The number of aromatic nitrogens is 3. The van der Waals surface area contributed by atoms with E-state index in [1.54, 1.807) is 6.26 Å². The quantitative estimate of drug-likeness (QED) is 0.606. The minimum Gasteiger partial charge on any atom is -0.464 e. The van der Waals surface area contributed by atoms with Gasteiger partial charge in [0.1, 0.15) is 11.6 Å². The van der Waals surface area contributed by atoms with Gasteiger partial charge in [0, 0.05) is 17.7 Å². The predicted molar refractivity (Wildman–Crippen MR) is 88.1 cm³/mol. The topological polar surface area (TPSA) is 54.7 Å². The third kappa shape index (κ3) is 2.14. The minimum atomic E-state index is 0.471. The predicted octanol–water partition coefficient (Wildman–Crippen LogP) is 4.49. The van der Waals surface area contributed by atoms with E-state index in [4.69, 9.17) is 4.42 Å². The van der Waals surface area contributed by atoms with E-state index >= 15 is 0 Å². The van der Waals surface area contributed by atoms with E-state index in [9.17, 15) is 0 Å². The van der Waals surface area contributed by atoms with Gasteiger partial charge in [0.2, 0.25) is 0 Å². The van der Waals surface area contributed by atoms with E-state index in [-0.39, 0.29) is 0 Å². The van der Waals surface area contributed by atoms with Crippen LogP contribution in [-0.2, 0) is 0 Å². The fraction of sp³-hybridized carbons (Fsp3) is 0.158. The lowest BCUT2D eigenvalue weighted by Gasteiger charge is -1.97. The van der Waals surface area contributed by atoms with E-state index in [1.165, 1.54) is 5.56 Å². The number of furan rings is 1. The molecule has 1 fully saturated rings. The molecule has 4 nitrogen and oxygen atoms in total. The molecule has 4 heteroatoms. The summed E-state index contributed by atoms with van der Waals surface area (Å²) in [7, 11) is 0. The van der Waals surface area contributed by atoms with Gasteiger partial charge in [0.25, 0.3) is 0 Å². The van der Waals surface area contributed by atoms with E-state index in [1.807, 2.05) is 18.3 Å². The summed E-state index contributed by atoms with van der Waals surface area (Å²) in [5.74, 6) is 2.90. The molecule has 112 valence electrons. The second-order valence-electron chi connectivity index (χ2n) is 6.05. The highest BCUT2D eigenvalue weighted by molar-refractivity contribution is 5.76. The summed E-state index contributed by atoms with van der Waals surface area (Å²) in [4.78, 5) is 12.6. The number of imidazole rings is 1. The number of hydrogen-bond donors (Lipinski definition) is 1. The molecule has 0 spiro atoms. The summed E-state index contributed by atoms with van der Waals surface area (Å²) in [5, 5.41) is 0. The maximum Gasteiger partial charge on any atom is 0.177 e. The van der Waals surface area contributed by atoms with Crippen LogP contribution in [0.5, 0.6) is 0 Å². The molecular weight excluding hydrogens is 286 g/mol. The minimum absolute atomic E-state index is 0.471. The summed E-state index contributed by atoms with van der Waals surface area (Å²) in [6, 6.07) is 16.5. The summed E-state index contributed by atoms with van der Waals surface area (Å²) >= 11 is 0. The molecule has 2 atom stereocenters. The summed E-state index contributed by atoms with van der Waals surface area (Å²) in [6.07, 6.45) is 4.63. The van der Waals surface area contributed by atoms with Gasteiger partial charge in [-0.1, -0.05) is 30.3 Å². The van der Waals surface area contributed by atoms with Gasteiger partial charge in [-0.2, -0.15) is 0 Å². The first-order valence-corrected chi connectivity index (χ1v) is 7.83. The van der Waals surface area contributed by atoms with Crippen LogP contribution in [0.4, 0.5) is 0 Å². The fourth-order valence-electron chi connectivity index (χ4n) is 3.24. The third-order valence-electron chi connectivity index (χ3n) is 4.53. The smallest absolute Gasteiger partial charge is 0.177 e. The van der Waals surface area contributed by atoms with Gasteiger partial charge in [-0.15, -0.1) is 0 Å². The number of benzene rings is 1. The van der Waals surface area contributed by atoms with Crippen molar-refractivity contribution in [1.82, 2.24) is 15.0 Å². The third-order valence-corrected chi connectivity index (χ3v) is 4.53. The van der Waals surface area contributed by atoms with Crippen LogP contribution in [0.3, 0.4) is 0 Å². The van der Waals surface area contributed by atoms with Gasteiger partial charge < -0.3 is 9.40 Å². The number of fused-ring (bicyclic) bond motifs is 1. The molecule has 0 bridgehead atoms. The van der Waals surface area contributed by atoms with Crippen molar-refractivity contribution in [2.75, 3.05) is 0 Å². The second kappa shape index (κ2) is 4.81. The van der Waals surface area contributed by atoms with Gasteiger partial charge in [0.15, 0.2) is 5.65 Å². The van der Waals surface area contributed by atoms with Crippen molar-refractivity contribution in [3.8, 4) is 11.3 Å². The molecule has 0 radical (unpaired) electrons. The van der Waals surface area contributed by atoms with Crippen LogP contribution in [-0.4, -0.2) is 15.0 Å². The molecule has 23 heavy (non-hydrogen) atoms. The SMILES string of the molecule is c1ccc(C2CC2c2nc3ncc(-c4ccco4)cc3[nH]2)cc1. The Morgan fingerprint density at radius 3 is 2.78 bits per heavy atom. The highest BCUT2D eigenvalue weighted by Crippen LogP contribution is 2.53. The highest BCUT2D eigenvalue weighted by atomic mass is 16.3. The number of nitrogens with zero attached hydrogens (tertiary/aromatic N) is 2. The molecule has 3 aromatic heterocycles. The largest absolute Gasteiger partial charge is 0.464 e. The van der Waals surface area contributed by atoms with Crippen molar-refractivity contribution >= 4 is 11.2 Å². The van der Waals surface area contributed by atoms with Crippen LogP contribution in [0.1, 0.15) is 29.6 Å².